The number of benzene rings is 3. The molecule has 67 heavy (non-hydrogen) atoms. The zero-order valence-corrected chi connectivity index (χ0v) is 41.5. The fraction of sp³-hybridized carbons (Fsp3) is 0.527. The van der Waals surface area contributed by atoms with Gasteiger partial charge in [-0.1, -0.05) is 109 Å². The second-order valence-electron chi connectivity index (χ2n) is 17.6. The van der Waals surface area contributed by atoms with Gasteiger partial charge in [0.15, 0.2) is 11.6 Å². The van der Waals surface area contributed by atoms with Crippen LogP contribution in [0.5, 0.6) is 11.5 Å². The average Bonchev–Trinajstić information content (AvgIpc) is 3.35. The number of aromatic nitrogens is 4. The van der Waals surface area contributed by atoms with Gasteiger partial charge in [0.1, 0.15) is 11.5 Å². The minimum absolute atomic E-state index is 0.127. The quantitative estimate of drug-likeness (QED) is 0.0283. The van der Waals surface area contributed by atoms with Crippen LogP contribution in [0.4, 0.5) is 0 Å². The molecule has 0 spiro atoms. The van der Waals surface area contributed by atoms with Crippen molar-refractivity contribution < 1.29 is 27.6 Å². The van der Waals surface area contributed by atoms with Crippen LogP contribution in [0.25, 0.3) is 22.8 Å². The number of aryl methyl sites for hydroxylation is 3. The van der Waals surface area contributed by atoms with E-state index in [1.807, 2.05) is 80.2 Å². The number of rotatable bonds is 36. The Hall–Kier alpha value is -4.75. The lowest BCUT2D eigenvalue weighted by Gasteiger charge is -2.20. The van der Waals surface area contributed by atoms with Crippen LogP contribution in [0.3, 0.4) is 0 Å². The summed E-state index contributed by atoms with van der Waals surface area (Å²) < 4.78 is 39.7. The minimum atomic E-state index is -4.01. The highest BCUT2D eigenvalue weighted by molar-refractivity contribution is 7.88. The van der Waals surface area contributed by atoms with E-state index in [2.05, 4.69) is 33.8 Å². The van der Waals surface area contributed by atoms with E-state index in [0.717, 1.165) is 91.2 Å². The van der Waals surface area contributed by atoms with Gasteiger partial charge in [0.05, 0.1) is 36.0 Å². The summed E-state index contributed by atoms with van der Waals surface area (Å²) in [5, 5.41) is 0. The highest BCUT2D eigenvalue weighted by Crippen LogP contribution is 2.23. The van der Waals surface area contributed by atoms with Gasteiger partial charge < -0.3 is 9.47 Å². The van der Waals surface area contributed by atoms with Gasteiger partial charge in [-0.2, -0.15) is 0 Å². The Morgan fingerprint density at radius 3 is 1.19 bits per heavy atom. The van der Waals surface area contributed by atoms with E-state index in [0.29, 0.717) is 30.7 Å². The molecule has 364 valence electrons. The molecule has 12 heteroatoms. The van der Waals surface area contributed by atoms with Gasteiger partial charge in [0.2, 0.25) is 0 Å². The van der Waals surface area contributed by atoms with Crippen molar-refractivity contribution in [3.05, 3.63) is 114 Å². The Labute approximate surface area is 402 Å². The van der Waals surface area contributed by atoms with Gasteiger partial charge in [-0.25, -0.2) is 28.4 Å². The van der Waals surface area contributed by atoms with E-state index in [1.165, 1.54) is 88.2 Å². The highest BCUT2D eigenvalue weighted by atomic mass is 32.2. The molecule has 0 saturated heterocycles. The third kappa shape index (κ3) is 20.2. The van der Waals surface area contributed by atoms with E-state index >= 15 is 0 Å². The van der Waals surface area contributed by atoms with E-state index in [-0.39, 0.29) is 18.1 Å². The number of unbranched alkanes of at least 4 members (excludes halogenated alkanes) is 16. The number of ether oxygens (including phenoxy) is 2. The van der Waals surface area contributed by atoms with Gasteiger partial charge in [0.25, 0.3) is 10.0 Å². The van der Waals surface area contributed by atoms with Gasteiger partial charge in [-0.3, -0.25) is 9.68 Å². The summed E-state index contributed by atoms with van der Waals surface area (Å²) in [4.78, 5) is 30.1. The van der Waals surface area contributed by atoms with Gasteiger partial charge >= 0.3 is 0 Å². The smallest absolute Gasteiger partial charge is 0.288 e. The topological polar surface area (TPSA) is 126 Å². The molecule has 0 aliphatic rings. The van der Waals surface area contributed by atoms with Crippen molar-refractivity contribution in [1.82, 2.24) is 24.6 Å². The van der Waals surface area contributed by atoms with Gasteiger partial charge in [0, 0.05) is 35.9 Å². The van der Waals surface area contributed by atoms with Crippen molar-refractivity contribution in [1.29, 1.82) is 0 Å². The molecular weight excluding hydrogens is 859 g/mol. The van der Waals surface area contributed by atoms with Crippen molar-refractivity contribution in [3.63, 3.8) is 0 Å². The van der Waals surface area contributed by atoms with Crippen LogP contribution < -0.4 is 9.47 Å². The molecule has 0 amide bonds. The van der Waals surface area contributed by atoms with Gasteiger partial charge in [-0.05, 0) is 143 Å². The van der Waals surface area contributed by atoms with E-state index in [4.69, 9.17) is 19.1 Å². The predicted molar refractivity (Wildman–Crippen MR) is 269 cm³/mol. The number of hydrogen-bond donors (Lipinski definition) is 0. The number of hydrogen-bond acceptors (Lipinski definition) is 10. The average molecular weight is 936 g/mol. The lowest BCUT2D eigenvalue weighted by Crippen LogP contribution is -2.32. The normalized spacial score (nSPS) is 11.6. The maximum Gasteiger partial charge on any atom is 0.288 e. The Bertz CT molecular complexity index is 2040. The lowest BCUT2D eigenvalue weighted by atomic mass is 10.1. The molecular formula is C55H77N5O6S. The van der Waals surface area contributed by atoms with Crippen molar-refractivity contribution in [2.75, 3.05) is 26.4 Å². The summed E-state index contributed by atoms with van der Waals surface area (Å²) in [7, 11) is -4.01. The second-order valence-corrected chi connectivity index (χ2v) is 19.3. The first kappa shape index (κ1) is 53.2. The first-order valence-corrected chi connectivity index (χ1v) is 26.8. The Morgan fingerprint density at radius 2 is 0.791 bits per heavy atom. The molecule has 2 aromatic heterocycles. The largest absolute Gasteiger partial charge is 0.494 e. The molecule has 5 aromatic rings. The third-order valence-corrected chi connectivity index (χ3v) is 13.3. The monoisotopic (exact) mass is 936 g/mol. The molecule has 0 fully saturated rings. The Morgan fingerprint density at radius 1 is 0.433 bits per heavy atom. The minimum Gasteiger partial charge on any atom is -0.494 e. The molecule has 0 saturated carbocycles. The predicted octanol–water partition coefficient (Wildman–Crippen LogP) is 13.8. The molecule has 5 rings (SSSR count). The molecule has 0 atom stereocenters. The van der Waals surface area contributed by atoms with Crippen molar-refractivity contribution in [3.8, 4) is 34.3 Å². The Kier molecular flexibility index (Phi) is 24.9. The maximum atomic E-state index is 13.5. The van der Waals surface area contributed by atoms with Crippen molar-refractivity contribution >= 4 is 10.0 Å². The summed E-state index contributed by atoms with van der Waals surface area (Å²) in [5.41, 5.74) is 5.28. The van der Waals surface area contributed by atoms with Crippen LogP contribution in [-0.2, 0) is 32.5 Å². The molecule has 0 N–H and O–H groups in total. The van der Waals surface area contributed by atoms with Crippen LogP contribution in [-0.4, -0.2) is 59.4 Å². The van der Waals surface area contributed by atoms with Gasteiger partial charge in [-0.15, -0.1) is 0 Å². The number of sulfonamides is 1. The van der Waals surface area contributed by atoms with Crippen LogP contribution in [0.15, 0.2) is 102 Å². The SMILES string of the molecule is CCCCCCCCc1cnc(-c2ccc(OCCCCCCON(OCCCCCCOc3ccc(-c4ncc(CCCCCCCC)cn4)cc3)S(=O)(=O)c3ccc(C)cc3)cc2)nc1. The van der Waals surface area contributed by atoms with Crippen LogP contribution >= 0.6 is 0 Å². The molecule has 11 nitrogen and oxygen atoms in total. The summed E-state index contributed by atoms with van der Waals surface area (Å²) in [5.74, 6) is 3.06. The number of nitrogens with zero attached hydrogens (tertiary/aromatic N) is 5. The fourth-order valence-corrected chi connectivity index (χ4v) is 8.71. The molecule has 0 radical (unpaired) electrons. The van der Waals surface area contributed by atoms with E-state index in [9.17, 15) is 8.42 Å². The lowest BCUT2D eigenvalue weighted by molar-refractivity contribution is -0.302. The molecule has 2 heterocycles. The standard InChI is InChI=1S/C55H77N5O6S/c1-4-6-8-10-12-18-24-47-42-56-54(57-43-47)49-28-32-51(33-29-49)63-38-20-14-16-22-40-65-60(67(61,62)53-36-26-46(3)27-37-53)66-41-23-17-15-21-39-64-52-34-30-50(31-35-52)55-58-44-48(45-59-55)25-19-13-11-9-7-5-2/h26-37,42-45H,4-25,38-41H2,1-3H3. The molecule has 0 aliphatic carbocycles. The van der Waals surface area contributed by atoms with Crippen LogP contribution in [0.2, 0.25) is 0 Å². The van der Waals surface area contributed by atoms with Crippen LogP contribution in [0.1, 0.15) is 159 Å². The van der Waals surface area contributed by atoms with Crippen LogP contribution in [0, 0.1) is 6.92 Å². The first-order valence-electron chi connectivity index (χ1n) is 25.3. The molecule has 0 unspecified atom stereocenters. The summed E-state index contributed by atoms with van der Waals surface area (Å²) >= 11 is 0. The first-order chi connectivity index (χ1) is 32.9. The molecule has 3 aromatic carbocycles. The Balaban J connectivity index is 0.935. The zero-order chi connectivity index (χ0) is 47.2. The third-order valence-electron chi connectivity index (χ3n) is 11.8. The summed E-state index contributed by atoms with van der Waals surface area (Å²) in [6, 6.07) is 22.5. The van der Waals surface area contributed by atoms with Crippen molar-refractivity contribution in [2.24, 2.45) is 0 Å². The highest BCUT2D eigenvalue weighted by Gasteiger charge is 2.27. The molecule has 0 bridgehead atoms. The molecule has 0 aliphatic heterocycles. The summed E-state index contributed by atoms with van der Waals surface area (Å²) in [6.07, 6.45) is 31.9. The summed E-state index contributed by atoms with van der Waals surface area (Å²) in [6.45, 7) is 8.02. The zero-order valence-electron chi connectivity index (χ0n) is 40.7. The van der Waals surface area contributed by atoms with E-state index < -0.39 is 10.0 Å². The maximum absolute atomic E-state index is 13.5. The fourth-order valence-electron chi connectivity index (χ4n) is 7.63. The van der Waals surface area contributed by atoms with E-state index in [1.54, 1.807) is 24.3 Å². The van der Waals surface area contributed by atoms with Crippen molar-refractivity contribution in [2.45, 2.75) is 167 Å². The second kappa shape index (κ2) is 31.3.